The Morgan fingerprint density at radius 2 is 1.81 bits per heavy atom. The van der Waals surface area contributed by atoms with Gasteiger partial charge in [-0.3, -0.25) is 9.89 Å². The predicted molar refractivity (Wildman–Crippen MR) is 120 cm³/mol. The van der Waals surface area contributed by atoms with Crippen molar-refractivity contribution in [3.8, 4) is 17.0 Å². The number of H-pyrrole nitrogens is 1. The summed E-state index contributed by atoms with van der Waals surface area (Å²) in [6.45, 7) is 2.37. The number of hydrogen-bond acceptors (Lipinski definition) is 3. The van der Waals surface area contributed by atoms with E-state index in [1.165, 1.54) is 18.2 Å². The second-order valence-corrected chi connectivity index (χ2v) is 8.33. The summed E-state index contributed by atoms with van der Waals surface area (Å²) in [5, 5.41) is 18.1. The standard InChI is InChI=1S/C25H19ClFN3O2/c1-14-2-4-15(5-3-14)13-30-24(16-6-9-18(27)10-7-16)21-22(28-29-23(21)25(30)32)19-12-17(26)8-11-20(19)31/h2-12,24,31H,13H2,1H3,(H,28,29). The number of carbonyl (C=O) groups is 1. The number of benzene rings is 3. The molecular weight excluding hydrogens is 429 g/mol. The molecule has 1 aliphatic heterocycles. The summed E-state index contributed by atoms with van der Waals surface area (Å²) in [5.41, 5.74) is 4.69. The Balaban J connectivity index is 1.66. The Labute approximate surface area is 189 Å². The van der Waals surface area contributed by atoms with Crippen LogP contribution in [0, 0.1) is 12.7 Å². The molecular formula is C25H19ClFN3O2. The van der Waals surface area contributed by atoms with E-state index in [-0.39, 0.29) is 17.5 Å². The van der Waals surface area contributed by atoms with Crippen LogP contribution >= 0.6 is 11.6 Å². The maximum absolute atomic E-state index is 13.7. The van der Waals surface area contributed by atoms with E-state index in [0.29, 0.717) is 34.1 Å². The van der Waals surface area contributed by atoms with Gasteiger partial charge in [0, 0.05) is 22.7 Å². The van der Waals surface area contributed by atoms with Crippen molar-refractivity contribution in [3.63, 3.8) is 0 Å². The van der Waals surface area contributed by atoms with Crippen LogP contribution in [-0.4, -0.2) is 26.1 Å². The molecule has 1 amide bonds. The number of phenols is 1. The first kappa shape index (κ1) is 20.3. The fourth-order valence-corrected chi connectivity index (χ4v) is 4.32. The van der Waals surface area contributed by atoms with Gasteiger partial charge in [-0.15, -0.1) is 0 Å². The third-order valence-corrected chi connectivity index (χ3v) is 5.97. The monoisotopic (exact) mass is 447 g/mol. The van der Waals surface area contributed by atoms with Gasteiger partial charge in [0.15, 0.2) is 0 Å². The second-order valence-electron chi connectivity index (χ2n) is 7.90. The number of aryl methyl sites for hydroxylation is 1. The maximum atomic E-state index is 13.7. The zero-order valence-corrected chi connectivity index (χ0v) is 17.9. The smallest absolute Gasteiger partial charge is 0.273 e. The van der Waals surface area contributed by atoms with Crippen molar-refractivity contribution in [3.05, 3.63) is 106 Å². The van der Waals surface area contributed by atoms with Crippen LogP contribution in [0.3, 0.4) is 0 Å². The SMILES string of the molecule is Cc1ccc(CN2C(=O)c3[nH]nc(-c4cc(Cl)ccc4O)c3C2c2ccc(F)cc2)cc1. The summed E-state index contributed by atoms with van der Waals surface area (Å²) >= 11 is 6.16. The van der Waals surface area contributed by atoms with Gasteiger partial charge in [-0.2, -0.15) is 5.10 Å². The number of halogens is 2. The minimum atomic E-state index is -0.508. The first-order chi connectivity index (χ1) is 15.4. The van der Waals surface area contributed by atoms with Crippen molar-refractivity contribution in [1.29, 1.82) is 0 Å². The third kappa shape index (κ3) is 3.42. The number of amides is 1. The summed E-state index contributed by atoms with van der Waals surface area (Å²) in [4.78, 5) is 15.1. The Morgan fingerprint density at radius 3 is 2.53 bits per heavy atom. The van der Waals surface area contributed by atoms with Crippen LogP contribution in [0.4, 0.5) is 4.39 Å². The van der Waals surface area contributed by atoms with Gasteiger partial charge in [0.2, 0.25) is 0 Å². The molecule has 5 rings (SSSR count). The van der Waals surface area contributed by atoms with E-state index in [1.807, 2.05) is 31.2 Å². The van der Waals surface area contributed by atoms with E-state index in [2.05, 4.69) is 10.2 Å². The molecule has 1 atom stereocenters. The van der Waals surface area contributed by atoms with Gasteiger partial charge < -0.3 is 10.0 Å². The molecule has 0 spiro atoms. The van der Waals surface area contributed by atoms with Crippen molar-refractivity contribution in [1.82, 2.24) is 15.1 Å². The summed E-state index contributed by atoms with van der Waals surface area (Å²) < 4.78 is 13.7. The average molecular weight is 448 g/mol. The second kappa shape index (κ2) is 7.80. The van der Waals surface area contributed by atoms with Crippen LogP contribution in [0.1, 0.15) is 38.8 Å². The minimum Gasteiger partial charge on any atom is -0.507 e. The number of hydrogen-bond donors (Lipinski definition) is 2. The molecule has 1 aliphatic rings. The highest BCUT2D eigenvalue weighted by Crippen LogP contribution is 2.45. The zero-order chi connectivity index (χ0) is 22.4. The molecule has 0 saturated carbocycles. The molecule has 0 aliphatic carbocycles. The molecule has 0 fully saturated rings. The van der Waals surface area contributed by atoms with Crippen molar-refractivity contribution in [2.24, 2.45) is 0 Å². The number of nitrogens with zero attached hydrogens (tertiary/aromatic N) is 2. The number of aromatic hydroxyl groups is 1. The minimum absolute atomic E-state index is 0.00555. The van der Waals surface area contributed by atoms with Gasteiger partial charge in [0.05, 0.1) is 6.04 Å². The molecule has 3 aromatic carbocycles. The number of nitrogens with one attached hydrogen (secondary N) is 1. The summed E-state index contributed by atoms with van der Waals surface area (Å²) in [6, 6.07) is 18.2. The highest BCUT2D eigenvalue weighted by Gasteiger charge is 2.42. The lowest BCUT2D eigenvalue weighted by Gasteiger charge is -2.26. The molecule has 2 heterocycles. The van der Waals surface area contributed by atoms with Crippen LogP contribution in [0.5, 0.6) is 5.75 Å². The van der Waals surface area contributed by atoms with Gasteiger partial charge >= 0.3 is 0 Å². The topological polar surface area (TPSA) is 69.2 Å². The average Bonchev–Trinajstić information content (AvgIpc) is 3.32. The quantitative estimate of drug-likeness (QED) is 0.426. The lowest BCUT2D eigenvalue weighted by atomic mass is 9.95. The number of carbonyl (C=O) groups excluding carboxylic acids is 1. The maximum Gasteiger partial charge on any atom is 0.273 e. The van der Waals surface area contributed by atoms with E-state index < -0.39 is 6.04 Å². The van der Waals surface area contributed by atoms with Gasteiger partial charge in [-0.1, -0.05) is 53.6 Å². The molecule has 0 saturated heterocycles. The van der Waals surface area contributed by atoms with E-state index >= 15 is 0 Å². The van der Waals surface area contributed by atoms with Crippen molar-refractivity contribution >= 4 is 17.5 Å². The predicted octanol–water partition coefficient (Wildman–Crippen LogP) is 5.63. The molecule has 160 valence electrons. The van der Waals surface area contributed by atoms with E-state index in [0.717, 1.165) is 16.7 Å². The van der Waals surface area contributed by atoms with Crippen molar-refractivity contribution < 1.29 is 14.3 Å². The molecule has 1 aromatic heterocycles. The van der Waals surface area contributed by atoms with Crippen LogP contribution in [0.2, 0.25) is 5.02 Å². The fourth-order valence-electron chi connectivity index (χ4n) is 4.14. The number of phenolic OH excluding ortho intramolecular Hbond substituents is 1. The molecule has 0 bridgehead atoms. The largest absolute Gasteiger partial charge is 0.507 e. The number of rotatable bonds is 4. The molecule has 0 radical (unpaired) electrons. The Bertz CT molecular complexity index is 1320. The van der Waals surface area contributed by atoms with Gasteiger partial charge in [-0.05, 0) is 48.4 Å². The molecule has 32 heavy (non-hydrogen) atoms. The number of aromatic amines is 1. The van der Waals surface area contributed by atoms with Crippen LogP contribution in [-0.2, 0) is 6.54 Å². The van der Waals surface area contributed by atoms with Crippen LogP contribution < -0.4 is 0 Å². The highest BCUT2D eigenvalue weighted by molar-refractivity contribution is 6.31. The molecule has 5 nitrogen and oxygen atoms in total. The summed E-state index contributed by atoms with van der Waals surface area (Å²) in [6.07, 6.45) is 0. The molecule has 1 unspecified atom stereocenters. The van der Waals surface area contributed by atoms with E-state index in [4.69, 9.17) is 11.6 Å². The zero-order valence-electron chi connectivity index (χ0n) is 17.1. The Kier molecular flexibility index (Phi) is 4.94. The third-order valence-electron chi connectivity index (χ3n) is 5.74. The number of aromatic nitrogens is 2. The van der Waals surface area contributed by atoms with E-state index in [9.17, 15) is 14.3 Å². The van der Waals surface area contributed by atoms with Crippen LogP contribution in [0.25, 0.3) is 11.3 Å². The Hall–Kier alpha value is -3.64. The number of fused-ring (bicyclic) bond motifs is 1. The fraction of sp³-hybridized carbons (Fsp3) is 0.120. The van der Waals surface area contributed by atoms with Gasteiger partial charge in [-0.25, -0.2) is 4.39 Å². The molecule has 7 heteroatoms. The summed E-state index contributed by atoms with van der Waals surface area (Å²) in [7, 11) is 0. The van der Waals surface area contributed by atoms with Gasteiger partial charge in [0.1, 0.15) is 23.0 Å². The molecule has 4 aromatic rings. The summed E-state index contributed by atoms with van der Waals surface area (Å²) in [5.74, 6) is -0.565. The highest BCUT2D eigenvalue weighted by atomic mass is 35.5. The molecule has 2 N–H and O–H groups in total. The normalized spacial score (nSPS) is 15.3. The van der Waals surface area contributed by atoms with Gasteiger partial charge in [0.25, 0.3) is 5.91 Å². The Morgan fingerprint density at radius 1 is 1.09 bits per heavy atom. The lowest BCUT2D eigenvalue weighted by molar-refractivity contribution is 0.0730. The lowest BCUT2D eigenvalue weighted by Crippen LogP contribution is -2.29. The van der Waals surface area contributed by atoms with Crippen molar-refractivity contribution in [2.45, 2.75) is 19.5 Å². The van der Waals surface area contributed by atoms with Crippen LogP contribution in [0.15, 0.2) is 66.7 Å². The van der Waals surface area contributed by atoms with Crippen molar-refractivity contribution in [2.75, 3.05) is 0 Å². The first-order valence-electron chi connectivity index (χ1n) is 10.1. The first-order valence-corrected chi connectivity index (χ1v) is 10.5. The van der Waals surface area contributed by atoms with E-state index in [1.54, 1.807) is 29.2 Å².